The minimum absolute atomic E-state index is 0.0912. The second-order valence-electron chi connectivity index (χ2n) is 3.56. The molecule has 90 valence electrons. The van der Waals surface area contributed by atoms with Crippen LogP contribution in [0.5, 0.6) is 0 Å². The van der Waals surface area contributed by atoms with Crippen molar-refractivity contribution in [3.05, 3.63) is 44.7 Å². The zero-order chi connectivity index (χ0) is 12.7. The van der Waals surface area contributed by atoms with Crippen LogP contribution in [0.4, 0.5) is 0 Å². The third kappa shape index (κ3) is 4.89. The lowest BCUT2D eigenvalue weighted by Crippen LogP contribution is -1.99. The lowest BCUT2D eigenvalue weighted by Gasteiger charge is -2.10. The van der Waals surface area contributed by atoms with Crippen molar-refractivity contribution in [2.24, 2.45) is 5.11 Å². The van der Waals surface area contributed by atoms with Gasteiger partial charge in [-0.25, -0.2) is 0 Å². The van der Waals surface area contributed by atoms with Gasteiger partial charge >= 0.3 is 5.97 Å². The smallest absolute Gasteiger partial charge is 0.303 e. The number of benzene rings is 1. The van der Waals surface area contributed by atoms with Gasteiger partial charge in [-0.15, -0.1) is 0 Å². The second-order valence-corrected chi connectivity index (χ2v) is 4.47. The van der Waals surface area contributed by atoms with Crippen molar-refractivity contribution in [1.82, 2.24) is 0 Å². The molecule has 1 aromatic carbocycles. The normalized spacial score (nSPS) is 11.6. The monoisotopic (exact) mass is 297 g/mol. The molecule has 17 heavy (non-hydrogen) atoms. The van der Waals surface area contributed by atoms with E-state index in [2.05, 4.69) is 26.0 Å². The predicted molar refractivity (Wildman–Crippen MR) is 67.5 cm³/mol. The van der Waals surface area contributed by atoms with Crippen LogP contribution in [0.25, 0.3) is 10.4 Å². The summed E-state index contributed by atoms with van der Waals surface area (Å²) in [5, 5.41) is 12.2. The number of rotatable bonds is 6. The first-order valence-electron chi connectivity index (χ1n) is 5.15. The largest absolute Gasteiger partial charge is 0.481 e. The fourth-order valence-corrected chi connectivity index (χ4v) is 1.75. The van der Waals surface area contributed by atoms with E-state index in [1.54, 1.807) is 0 Å². The first-order chi connectivity index (χ1) is 8.13. The van der Waals surface area contributed by atoms with Gasteiger partial charge in [-0.1, -0.05) is 33.2 Å². The molecule has 0 aliphatic carbocycles. The average Bonchev–Trinajstić information content (AvgIpc) is 2.29. The molecule has 0 bridgehead atoms. The van der Waals surface area contributed by atoms with Crippen molar-refractivity contribution in [1.29, 1.82) is 0 Å². The van der Waals surface area contributed by atoms with Gasteiger partial charge in [0.05, 0.1) is 6.04 Å². The van der Waals surface area contributed by atoms with Crippen LogP contribution in [0.3, 0.4) is 0 Å². The number of carboxylic acids is 1. The molecule has 0 saturated carbocycles. The van der Waals surface area contributed by atoms with E-state index in [4.69, 9.17) is 10.6 Å². The number of aliphatic carboxylic acids is 1. The summed E-state index contributed by atoms with van der Waals surface area (Å²) in [6, 6.07) is 7.17. The molecule has 0 saturated heterocycles. The van der Waals surface area contributed by atoms with Crippen LogP contribution in [0.1, 0.15) is 30.9 Å². The summed E-state index contributed by atoms with van der Waals surface area (Å²) in [5.41, 5.74) is 9.39. The number of carboxylic acid groups (broad SMARTS) is 1. The lowest BCUT2D eigenvalue weighted by molar-refractivity contribution is -0.137. The third-order valence-electron chi connectivity index (χ3n) is 2.31. The molecular weight excluding hydrogens is 286 g/mol. The number of azide groups is 1. The average molecular weight is 298 g/mol. The van der Waals surface area contributed by atoms with Gasteiger partial charge in [0.1, 0.15) is 0 Å². The third-order valence-corrected chi connectivity index (χ3v) is 2.84. The Morgan fingerprint density at radius 2 is 2.12 bits per heavy atom. The fourth-order valence-electron chi connectivity index (χ4n) is 1.48. The van der Waals surface area contributed by atoms with Crippen molar-refractivity contribution < 1.29 is 9.90 Å². The number of nitrogens with zero attached hydrogens (tertiary/aromatic N) is 3. The highest BCUT2D eigenvalue weighted by Gasteiger charge is 2.10. The molecule has 0 amide bonds. The van der Waals surface area contributed by atoms with Crippen molar-refractivity contribution in [2.45, 2.75) is 25.3 Å². The molecule has 0 aliphatic heterocycles. The summed E-state index contributed by atoms with van der Waals surface area (Å²) >= 11 is 3.32. The topological polar surface area (TPSA) is 86.1 Å². The SMILES string of the molecule is [N-]=[N+]=NC(CCCC(=O)O)c1ccc(Br)cc1. The molecule has 1 atom stereocenters. The van der Waals surface area contributed by atoms with E-state index in [-0.39, 0.29) is 12.5 Å². The van der Waals surface area contributed by atoms with Crippen molar-refractivity contribution in [3.8, 4) is 0 Å². The maximum atomic E-state index is 10.4. The van der Waals surface area contributed by atoms with Crippen LogP contribution >= 0.6 is 15.9 Å². The summed E-state index contributed by atoms with van der Waals surface area (Å²) < 4.78 is 0.950. The molecule has 0 aromatic heterocycles. The minimum Gasteiger partial charge on any atom is -0.481 e. The van der Waals surface area contributed by atoms with Crippen molar-refractivity contribution in [2.75, 3.05) is 0 Å². The van der Waals surface area contributed by atoms with Crippen LogP contribution in [0, 0.1) is 0 Å². The number of carbonyl (C=O) groups is 1. The number of halogens is 1. The van der Waals surface area contributed by atoms with Gasteiger partial charge in [-0.2, -0.15) is 0 Å². The zero-order valence-corrected chi connectivity index (χ0v) is 10.7. The van der Waals surface area contributed by atoms with E-state index in [1.807, 2.05) is 24.3 Å². The van der Waals surface area contributed by atoms with Crippen LogP contribution in [0.2, 0.25) is 0 Å². The summed E-state index contributed by atoms with van der Waals surface area (Å²) in [4.78, 5) is 13.2. The molecule has 1 rings (SSSR count). The first-order valence-corrected chi connectivity index (χ1v) is 5.94. The molecule has 0 fully saturated rings. The molecule has 1 unspecified atom stereocenters. The molecule has 5 nitrogen and oxygen atoms in total. The zero-order valence-electron chi connectivity index (χ0n) is 9.08. The highest BCUT2D eigenvalue weighted by molar-refractivity contribution is 9.10. The van der Waals surface area contributed by atoms with E-state index in [0.29, 0.717) is 12.8 Å². The standard InChI is InChI=1S/C11H12BrN3O2/c12-9-6-4-8(5-7-9)10(14-15-13)2-1-3-11(16)17/h4-7,10H,1-3H2,(H,16,17). The van der Waals surface area contributed by atoms with Crippen LogP contribution in [-0.2, 0) is 4.79 Å². The quantitative estimate of drug-likeness (QED) is 0.488. The number of hydrogen-bond donors (Lipinski definition) is 1. The Kier molecular flexibility index (Phi) is 5.52. The van der Waals surface area contributed by atoms with E-state index < -0.39 is 5.97 Å². The van der Waals surface area contributed by atoms with Gasteiger partial charge in [-0.3, -0.25) is 4.79 Å². The Balaban J connectivity index is 2.68. The van der Waals surface area contributed by atoms with Gasteiger partial charge in [0.25, 0.3) is 0 Å². The highest BCUT2D eigenvalue weighted by atomic mass is 79.9. The Hall–Kier alpha value is -1.52. The van der Waals surface area contributed by atoms with E-state index in [0.717, 1.165) is 10.0 Å². The molecule has 0 heterocycles. The Morgan fingerprint density at radius 3 is 2.65 bits per heavy atom. The van der Waals surface area contributed by atoms with Crippen molar-refractivity contribution in [3.63, 3.8) is 0 Å². The van der Waals surface area contributed by atoms with Gasteiger partial charge in [0, 0.05) is 15.8 Å². The maximum Gasteiger partial charge on any atom is 0.303 e. The van der Waals surface area contributed by atoms with Crippen LogP contribution in [-0.4, -0.2) is 11.1 Å². The summed E-state index contributed by atoms with van der Waals surface area (Å²) in [6.07, 6.45) is 1.13. The summed E-state index contributed by atoms with van der Waals surface area (Å²) in [7, 11) is 0. The molecule has 1 aromatic rings. The van der Waals surface area contributed by atoms with Gasteiger partial charge in [0.15, 0.2) is 0 Å². The molecule has 0 aliphatic rings. The van der Waals surface area contributed by atoms with E-state index in [1.165, 1.54) is 0 Å². The van der Waals surface area contributed by atoms with Gasteiger partial charge in [-0.05, 0) is 36.1 Å². The molecule has 1 N–H and O–H groups in total. The van der Waals surface area contributed by atoms with Crippen molar-refractivity contribution >= 4 is 21.9 Å². The number of hydrogen-bond acceptors (Lipinski definition) is 2. The molecular formula is C11H12BrN3O2. The van der Waals surface area contributed by atoms with Crippen LogP contribution in [0.15, 0.2) is 33.9 Å². The van der Waals surface area contributed by atoms with Gasteiger partial charge in [0.2, 0.25) is 0 Å². The maximum absolute atomic E-state index is 10.4. The first kappa shape index (κ1) is 13.5. The molecule has 0 spiro atoms. The minimum atomic E-state index is -0.833. The molecule has 0 radical (unpaired) electrons. The predicted octanol–water partition coefficient (Wildman–Crippen LogP) is 4.06. The summed E-state index contributed by atoms with van der Waals surface area (Å²) in [6.45, 7) is 0. The van der Waals surface area contributed by atoms with Crippen LogP contribution < -0.4 is 0 Å². The molecule has 6 heteroatoms. The Morgan fingerprint density at radius 1 is 1.47 bits per heavy atom. The van der Waals surface area contributed by atoms with E-state index >= 15 is 0 Å². The van der Waals surface area contributed by atoms with Gasteiger partial charge < -0.3 is 5.11 Å². The fraction of sp³-hybridized carbons (Fsp3) is 0.364. The lowest BCUT2D eigenvalue weighted by atomic mass is 10.0. The Bertz CT molecular complexity index is 427. The summed E-state index contributed by atoms with van der Waals surface area (Å²) in [5.74, 6) is -0.833. The second kappa shape index (κ2) is 6.93. The highest BCUT2D eigenvalue weighted by Crippen LogP contribution is 2.25. The van der Waals surface area contributed by atoms with E-state index in [9.17, 15) is 4.79 Å². The Labute approximate surface area is 107 Å².